The van der Waals surface area contributed by atoms with E-state index >= 15 is 0 Å². The standard InChI is InChI=1S/C13H24O5Si/c1-6-15-7-8-16-9-10-19(4,5)18-11-17-13(14)12(2)3/h6H,1-2,7-11H2,3-5H3. The highest BCUT2D eigenvalue weighted by atomic mass is 28.4. The minimum Gasteiger partial charge on any atom is -0.499 e. The Kier molecular flexibility index (Phi) is 9.20. The first-order valence-corrected chi connectivity index (χ1v) is 9.27. The Hall–Kier alpha value is -1.11. The second-order valence-corrected chi connectivity index (χ2v) is 8.94. The van der Waals surface area contributed by atoms with Gasteiger partial charge in [0.05, 0.1) is 12.9 Å². The maximum atomic E-state index is 11.2. The minimum atomic E-state index is -1.87. The predicted octanol–water partition coefficient (Wildman–Crippen LogP) is 2.46. The number of carbonyl (C=O) groups excluding carboxylic acids is 1. The monoisotopic (exact) mass is 288 g/mol. The molecule has 0 spiro atoms. The molecule has 0 aromatic heterocycles. The van der Waals surface area contributed by atoms with Gasteiger partial charge in [-0.1, -0.05) is 13.2 Å². The maximum Gasteiger partial charge on any atom is 0.335 e. The zero-order valence-corrected chi connectivity index (χ0v) is 13.1. The van der Waals surface area contributed by atoms with E-state index < -0.39 is 14.3 Å². The SMILES string of the molecule is C=COCCOCC[Si](C)(C)OCOC(=O)C(=C)C. The van der Waals surface area contributed by atoms with Crippen LogP contribution in [-0.2, 0) is 23.4 Å². The molecule has 0 saturated heterocycles. The highest BCUT2D eigenvalue weighted by Crippen LogP contribution is 2.11. The lowest BCUT2D eigenvalue weighted by Crippen LogP contribution is -2.33. The Morgan fingerprint density at radius 3 is 2.53 bits per heavy atom. The molecule has 0 saturated carbocycles. The molecule has 0 radical (unpaired) electrons. The van der Waals surface area contributed by atoms with Gasteiger partial charge in [-0.05, 0) is 26.1 Å². The predicted molar refractivity (Wildman–Crippen MR) is 76.1 cm³/mol. The van der Waals surface area contributed by atoms with E-state index in [-0.39, 0.29) is 6.79 Å². The van der Waals surface area contributed by atoms with E-state index in [4.69, 9.17) is 18.6 Å². The molecule has 0 aliphatic rings. The Balaban J connectivity index is 3.65. The summed E-state index contributed by atoms with van der Waals surface area (Å²) in [5.41, 5.74) is 0.369. The minimum absolute atomic E-state index is 0.0233. The van der Waals surface area contributed by atoms with Gasteiger partial charge >= 0.3 is 5.97 Å². The molecule has 110 valence electrons. The van der Waals surface area contributed by atoms with Crippen molar-refractivity contribution < 1.29 is 23.4 Å². The summed E-state index contributed by atoms with van der Waals surface area (Å²) in [6.45, 7) is 14.2. The summed E-state index contributed by atoms with van der Waals surface area (Å²) in [5, 5.41) is 0. The van der Waals surface area contributed by atoms with Crippen LogP contribution in [-0.4, -0.2) is 40.9 Å². The van der Waals surface area contributed by atoms with Gasteiger partial charge in [0.2, 0.25) is 0 Å². The fraction of sp³-hybridized carbons (Fsp3) is 0.615. The van der Waals surface area contributed by atoms with Gasteiger partial charge in [0, 0.05) is 12.2 Å². The Bertz CT molecular complexity index is 301. The lowest BCUT2D eigenvalue weighted by atomic mass is 10.4. The highest BCUT2D eigenvalue weighted by Gasteiger charge is 2.22. The third kappa shape index (κ3) is 10.5. The number of esters is 1. The van der Waals surface area contributed by atoms with E-state index in [0.717, 1.165) is 6.04 Å². The fourth-order valence-electron chi connectivity index (χ4n) is 1.05. The zero-order chi connectivity index (χ0) is 14.7. The third-order valence-electron chi connectivity index (χ3n) is 2.30. The van der Waals surface area contributed by atoms with E-state index in [9.17, 15) is 4.79 Å². The van der Waals surface area contributed by atoms with Crippen LogP contribution in [0.4, 0.5) is 0 Å². The van der Waals surface area contributed by atoms with Crippen molar-refractivity contribution in [3.63, 3.8) is 0 Å². The highest BCUT2D eigenvalue weighted by molar-refractivity contribution is 6.71. The van der Waals surface area contributed by atoms with Gasteiger partial charge < -0.3 is 18.6 Å². The van der Waals surface area contributed by atoms with Crippen molar-refractivity contribution in [3.8, 4) is 0 Å². The number of hydrogen-bond donors (Lipinski definition) is 0. The van der Waals surface area contributed by atoms with Crippen LogP contribution < -0.4 is 0 Å². The molecule has 0 fully saturated rings. The average molecular weight is 288 g/mol. The van der Waals surface area contributed by atoms with Crippen LogP contribution in [0.5, 0.6) is 0 Å². The van der Waals surface area contributed by atoms with Gasteiger partial charge in [-0.25, -0.2) is 4.79 Å². The van der Waals surface area contributed by atoms with Gasteiger partial charge in [0.25, 0.3) is 0 Å². The summed E-state index contributed by atoms with van der Waals surface area (Å²) in [6.07, 6.45) is 1.39. The van der Waals surface area contributed by atoms with E-state index in [1.807, 2.05) is 13.1 Å². The smallest absolute Gasteiger partial charge is 0.335 e. The third-order valence-corrected chi connectivity index (χ3v) is 4.61. The molecule has 0 amide bonds. The van der Waals surface area contributed by atoms with Gasteiger partial charge in [-0.3, -0.25) is 0 Å². The first-order valence-electron chi connectivity index (χ1n) is 6.16. The molecular weight excluding hydrogens is 264 g/mol. The number of hydrogen-bond acceptors (Lipinski definition) is 5. The van der Waals surface area contributed by atoms with Crippen molar-refractivity contribution in [2.75, 3.05) is 26.6 Å². The average Bonchev–Trinajstić information content (AvgIpc) is 2.33. The fourth-order valence-corrected chi connectivity index (χ4v) is 2.21. The normalized spacial score (nSPS) is 10.9. The molecule has 6 heteroatoms. The first kappa shape index (κ1) is 17.9. The zero-order valence-electron chi connectivity index (χ0n) is 12.1. The maximum absolute atomic E-state index is 11.2. The molecule has 0 bridgehead atoms. The lowest BCUT2D eigenvalue weighted by molar-refractivity contribution is -0.145. The summed E-state index contributed by atoms with van der Waals surface area (Å²) in [5.74, 6) is -0.428. The van der Waals surface area contributed by atoms with Gasteiger partial charge in [0.15, 0.2) is 15.1 Å². The van der Waals surface area contributed by atoms with E-state index in [1.165, 1.54) is 6.26 Å². The molecule has 5 nitrogen and oxygen atoms in total. The molecule has 0 aromatic carbocycles. The number of rotatable bonds is 11. The van der Waals surface area contributed by atoms with Crippen LogP contribution in [0.15, 0.2) is 25.0 Å². The summed E-state index contributed by atoms with van der Waals surface area (Å²) >= 11 is 0. The first-order chi connectivity index (χ1) is 8.89. The molecular formula is C13H24O5Si. The van der Waals surface area contributed by atoms with E-state index in [2.05, 4.69) is 13.2 Å². The number of carbonyl (C=O) groups is 1. The van der Waals surface area contributed by atoms with Crippen molar-refractivity contribution in [3.05, 3.63) is 25.0 Å². The largest absolute Gasteiger partial charge is 0.499 e. The lowest BCUT2D eigenvalue weighted by Gasteiger charge is -2.22. The molecule has 0 aliphatic carbocycles. The summed E-state index contributed by atoms with van der Waals surface area (Å²) in [4.78, 5) is 11.2. The second-order valence-electron chi connectivity index (χ2n) is 4.63. The second kappa shape index (κ2) is 9.77. The van der Waals surface area contributed by atoms with Crippen molar-refractivity contribution in [1.29, 1.82) is 0 Å². The summed E-state index contributed by atoms with van der Waals surface area (Å²) in [7, 11) is -1.87. The van der Waals surface area contributed by atoms with Crippen molar-refractivity contribution >= 4 is 14.3 Å². The van der Waals surface area contributed by atoms with Crippen molar-refractivity contribution in [1.82, 2.24) is 0 Å². The topological polar surface area (TPSA) is 54.0 Å². The van der Waals surface area contributed by atoms with E-state index in [0.29, 0.717) is 25.4 Å². The van der Waals surface area contributed by atoms with Crippen molar-refractivity contribution in [2.24, 2.45) is 0 Å². The summed E-state index contributed by atoms with van der Waals surface area (Å²) < 4.78 is 20.8. The molecule has 0 aromatic rings. The van der Waals surface area contributed by atoms with Crippen LogP contribution in [0.2, 0.25) is 19.1 Å². The molecule has 0 rings (SSSR count). The number of ether oxygens (including phenoxy) is 3. The van der Waals surface area contributed by atoms with Crippen LogP contribution in [0.3, 0.4) is 0 Å². The molecule has 0 aliphatic heterocycles. The van der Waals surface area contributed by atoms with Gasteiger partial charge in [-0.15, -0.1) is 0 Å². The Morgan fingerprint density at radius 1 is 1.26 bits per heavy atom. The molecule has 0 atom stereocenters. The van der Waals surface area contributed by atoms with Crippen molar-refractivity contribution in [2.45, 2.75) is 26.1 Å². The Morgan fingerprint density at radius 2 is 1.95 bits per heavy atom. The Labute approximate surface area is 116 Å². The van der Waals surface area contributed by atoms with Gasteiger partial charge in [0.1, 0.15) is 6.61 Å². The van der Waals surface area contributed by atoms with Crippen LogP contribution in [0, 0.1) is 0 Å². The molecule has 0 unspecified atom stereocenters. The van der Waals surface area contributed by atoms with Gasteiger partial charge in [-0.2, -0.15) is 0 Å². The summed E-state index contributed by atoms with van der Waals surface area (Å²) in [6, 6.07) is 0.825. The molecule has 0 heterocycles. The van der Waals surface area contributed by atoms with Crippen LogP contribution in [0.1, 0.15) is 6.92 Å². The quantitative estimate of drug-likeness (QED) is 0.146. The van der Waals surface area contributed by atoms with E-state index in [1.54, 1.807) is 6.92 Å². The molecule has 0 N–H and O–H groups in total. The molecule has 19 heavy (non-hydrogen) atoms. The van der Waals surface area contributed by atoms with Crippen LogP contribution >= 0.6 is 0 Å². The van der Waals surface area contributed by atoms with Crippen LogP contribution in [0.25, 0.3) is 0 Å².